The topological polar surface area (TPSA) is 38.0 Å². The molecule has 0 aromatic rings. The summed E-state index contributed by atoms with van der Waals surface area (Å²) in [4.78, 5) is 0. The second-order valence-corrected chi connectivity index (χ2v) is 3.51. The number of rotatable bonds is 3. The highest BCUT2D eigenvalue weighted by atomic mass is 19.1. The van der Waals surface area contributed by atoms with Crippen LogP contribution in [0.2, 0.25) is 0 Å². The van der Waals surface area contributed by atoms with Crippen molar-refractivity contribution < 1.29 is 4.39 Å². The second kappa shape index (κ2) is 3.50. The van der Waals surface area contributed by atoms with Gasteiger partial charge in [-0.15, -0.1) is 0 Å². The Bertz CT molecular complexity index is 119. The first-order chi connectivity index (χ1) is 5.17. The Morgan fingerprint density at radius 3 is 2.91 bits per heavy atom. The van der Waals surface area contributed by atoms with E-state index in [4.69, 9.17) is 5.73 Å². The number of hydrogen-bond donors (Lipinski definition) is 2. The highest BCUT2D eigenvalue weighted by Crippen LogP contribution is 2.29. The van der Waals surface area contributed by atoms with E-state index < -0.39 is 5.67 Å². The maximum absolute atomic E-state index is 13.7. The smallest absolute Gasteiger partial charge is 0.113 e. The van der Waals surface area contributed by atoms with Gasteiger partial charge in [-0.3, -0.25) is 0 Å². The van der Waals surface area contributed by atoms with E-state index in [2.05, 4.69) is 5.32 Å². The molecule has 0 amide bonds. The molecule has 2 atom stereocenters. The lowest BCUT2D eigenvalue weighted by Crippen LogP contribution is -2.33. The van der Waals surface area contributed by atoms with Crippen molar-refractivity contribution in [1.82, 2.24) is 5.32 Å². The molecule has 1 rings (SSSR count). The van der Waals surface area contributed by atoms with E-state index in [-0.39, 0.29) is 5.92 Å². The predicted octanol–water partition coefficient (Wildman–Crippen LogP) is 0.673. The molecule has 1 aliphatic heterocycles. The van der Waals surface area contributed by atoms with Crippen molar-refractivity contribution in [3.05, 3.63) is 0 Å². The van der Waals surface area contributed by atoms with Crippen LogP contribution in [-0.4, -0.2) is 25.3 Å². The minimum Gasteiger partial charge on any atom is -0.330 e. The number of nitrogens with one attached hydrogen (secondary N) is 1. The summed E-state index contributed by atoms with van der Waals surface area (Å²) in [5, 5.41) is 3.16. The Balaban J connectivity index is 2.41. The predicted molar refractivity (Wildman–Crippen MR) is 44.2 cm³/mol. The van der Waals surface area contributed by atoms with Crippen molar-refractivity contribution in [2.24, 2.45) is 11.7 Å². The number of nitrogens with two attached hydrogens (primary N) is 1. The van der Waals surface area contributed by atoms with E-state index in [9.17, 15) is 4.39 Å². The average molecular weight is 160 g/mol. The zero-order chi connectivity index (χ0) is 8.32. The summed E-state index contributed by atoms with van der Waals surface area (Å²) in [5.74, 6) is 0.172. The van der Waals surface area contributed by atoms with Gasteiger partial charge in [-0.1, -0.05) is 0 Å². The van der Waals surface area contributed by atoms with Gasteiger partial charge in [0.25, 0.3) is 0 Å². The van der Waals surface area contributed by atoms with Gasteiger partial charge in [0.05, 0.1) is 0 Å². The summed E-state index contributed by atoms with van der Waals surface area (Å²) in [7, 11) is 0. The standard InChI is InChI=1S/C8H17FN2/c1-8(9,3-4-10)7-2-5-11-6-7/h7,11H,2-6,10H2,1H3. The maximum Gasteiger partial charge on any atom is 0.113 e. The Kier molecular flexibility index (Phi) is 2.84. The van der Waals surface area contributed by atoms with E-state index in [1.807, 2.05) is 0 Å². The molecule has 11 heavy (non-hydrogen) atoms. The minimum atomic E-state index is -1.06. The first-order valence-electron chi connectivity index (χ1n) is 4.26. The molecule has 1 heterocycles. The fourth-order valence-corrected chi connectivity index (χ4v) is 1.65. The van der Waals surface area contributed by atoms with Gasteiger partial charge >= 0.3 is 0 Å². The molecule has 2 nitrogen and oxygen atoms in total. The van der Waals surface area contributed by atoms with Crippen LogP contribution in [0, 0.1) is 5.92 Å². The van der Waals surface area contributed by atoms with Crippen LogP contribution in [0.3, 0.4) is 0 Å². The van der Waals surface area contributed by atoms with Crippen molar-refractivity contribution in [2.75, 3.05) is 19.6 Å². The van der Waals surface area contributed by atoms with Crippen LogP contribution < -0.4 is 11.1 Å². The van der Waals surface area contributed by atoms with E-state index in [1.54, 1.807) is 6.92 Å². The van der Waals surface area contributed by atoms with Crippen LogP contribution in [0.1, 0.15) is 19.8 Å². The summed E-state index contributed by atoms with van der Waals surface area (Å²) in [5.41, 5.74) is 4.26. The molecule has 3 heteroatoms. The third-order valence-corrected chi connectivity index (χ3v) is 2.54. The van der Waals surface area contributed by atoms with Crippen molar-refractivity contribution in [3.8, 4) is 0 Å². The Hall–Kier alpha value is -0.150. The van der Waals surface area contributed by atoms with E-state index >= 15 is 0 Å². The molecular formula is C8H17FN2. The Labute approximate surface area is 67.3 Å². The van der Waals surface area contributed by atoms with Gasteiger partial charge in [0, 0.05) is 12.5 Å². The molecule has 0 aliphatic carbocycles. The zero-order valence-electron chi connectivity index (χ0n) is 7.07. The number of alkyl halides is 1. The fourth-order valence-electron chi connectivity index (χ4n) is 1.65. The van der Waals surface area contributed by atoms with E-state index in [0.717, 1.165) is 19.5 Å². The molecule has 1 saturated heterocycles. The lowest BCUT2D eigenvalue weighted by Gasteiger charge is -2.25. The highest BCUT2D eigenvalue weighted by Gasteiger charge is 2.34. The molecule has 0 bridgehead atoms. The normalized spacial score (nSPS) is 30.3. The number of hydrogen-bond acceptors (Lipinski definition) is 2. The summed E-state index contributed by atoms with van der Waals surface area (Å²) < 4.78 is 13.7. The van der Waals surface area contributed by atoms with Crippen LogP contribution in [0.5, 0.6) is 0 Å². The van der Waals surface area contributed by atoms with Gasteiger partial charge in [-0.05, 0) is 32.9 Å². The largest absolute Gasteiger partial charge is 0.330 e. The monoisotopic (exact) mass is 160 g/mol. The molecule has 1 fully saturated rings. The van der Waals surface area contributed by atoms with Gasteiger partial charge in [-0.2, -0.15) is 0 Å². The highest BCUT2D eigenvalue weighted by molar-refractivity contribution is 4.88. The molecule has 1 aliphatic rings. The first kappa shape index (κ1) is 8.94. The zero-order valence-corrected chi connectivity index (χ0v) is 7.07. The average Bonchev–Trinajstić information content (AvgIpc) is 2.37. The van der Waals surface area contributed by atoms with Crippen LogP contribution in [-0.2, 0) is 0 Å². The van der Waals surface area contributed by atoms with Crippen molar-refractivity contribution in [1.29, 1.82) is 0 Å². The van der Waals surface area contributed by atoms with Crippen LogP contribution in [0.4, 0.5) is 4.39 Å². The van der Waals surface area contributed by atoms with Gasteiger partial charge in [0.2, 0.25) is 0 Å². The van der Waals surface area contributed by atoms with Gasteiger partial charge in [0.15, 0.2) is 0 Å². The summed E-state index contributed by atoms with van der Waals surface area (Å²) in [6, 6.07) is 0. The lowest BCUT2D eigenvalue weighted by molar-refractivity contribution is 0.105. The third kappa shape index (κ3) is 2.14. The van der Waals surface area contributed by atoms with Crippen LogP contribution in [0.15, 0.2) is 0 Å². The molecule has 3 N–H and O–H groups in total. The molecule has 66 valence electrons. The SMILES string of the molecule is CC(F)(CCN)C1CCNC1. The fraction of sp³-hybridized carbons (Fsp3) is 1.00. The lowest BCUT2D eigenvalue weighted by atomic mass is 9.87. The van der Waals surface area contributed by atoms with E-state index in [0.29, 0.717) is 13.0 Å². The van der Waals surface area contributed by atoms with Crippen molar-refractivity contribution in [2.45, 2.75) is 25.4 Å². The molecule has 0 radical (unpaired) electrons. The van der Waals surface area contributed by atoms with Crippen LogP contribution in [0.25, 0.3) is 0 Å². The van der Waals surface area contributed by atoms with E-state index in [1.165, 1.54) is 0 Å². The van der Waals surface area contributed by atoms with Gasteiger partial charge in [0.1, 0.15) is 5.67 Å². The van der Waals surface area contributed by atoms with Gasteiger partial charge in [-0.25, -0.2) is 4.39 Å². The second-order valence-electron chi connectivity index (χ2n) is 3.51. The Morgan fingerprint density at radius 2 is 2.45 bits per heavy atom. The van der Waals surface area contributed by atoms with Crippen LogP contribution >= 0.6 is 0 Å². The van der Waals surface area contributed by atoms with Crippen molar-refractivity contribution in [3.63, 3.8) is 0 Å². The Morgan fingerprint density at radius 1 is 1.73 bits per heavy atom. The summed E-state index contributed by atoms with van der Waals surface area (Å²) in [6.07, 6.45) is 1.44. The molecule has 0 aromatic heterocycles. The van der Waals surface area contributed by atoms with Crippen molar-refractivity contribution >= 4 is 0 Å². The summed E-state index contributed by atoms with van der Waals surface area (Å²) >= 11 is 0. The molecule has 0 spiro atoms. The molecule has 0 aromatic carbocycles. The molecule has 0 saturated carbocycles. The summed E-state index contributed by atoms with van der Waals surface area (Å²) in [6.45, 7) is 3.88. The maximum atomic E-state index is 13.7. The third-order valence-electron chi connectivity index (χ3n) is 2.54. The molecule has 2 unspecified atom stereocenters. The first-order valence-corrected chi connectivity index (χ1v) is 4.26. The molecular weight excluding hydrogens is 143 g/mol. The number of halogens is 1. The minimum absolute atomic E-state index is 0.172. The van der Waals surface area contributed by atoms with Gasteiger partial charge < -0.3 is 11.1 Å². The quantitative estimate of drug-likeness (QED) is 0.637.